The van der Waals surface area contributed by atoms with Crippen molar-refractivity contribution in [3.8, 4) is 21.7 Å². The summed E-state index contributed by atoms with van der Waals surface area (Å²) in [5, 5.41) is 8.23. The molecule has 3 aromatic heterocycles. The highest BCUT2D eigenvalue weighted by Crippen LogP contribution is 2.30. The zero-order chi connectivity index (χ0) is 21.3. The molecule has 0 N–H and O–H groups in total. The molecule has 0 fully saturated rings. The van der Waals surface area contributed by atoms with Gasteiger partial charge in [0.15, 0.2) is 5.78 Å². The molecule has 0 saturated heterocycles. The minimum Gasteiger partial charge on any atom is -0.378 e. The van der Waals surface area contributed by atoms with Crippen molar-refractivity contribution in [2.75, 3.05) is 19.0 Å². The van der Waals surface area contributed by atoms with Crippen molar-refractivity contribution in [3.05, 3.63) is 57.7 Å². The van der Waals surface area contributed by atoms with Gasteiger partial charge in [0.1, 0.15) is 5.01 Å². The van der Waals surface area contributed by atoms with Crippen LogP contribution in [-0.2, 0) is 17.8 Å². The summed E-state index contributed by atoms with van der Waals surface area (Å²) in [6.45, 7) is 4.22. The number of nitrogens with zero attached hydrogens (tertiary/aromatic N) is 5. The molecule has 3 heterocycles. The number of carbonyl (C=O) groups is 1. The lowest BCUT2D eigenvalue weighted by Crippen LogP contribution is -2.12. The Morgan fingerprint density at radius 3 is 2.73 bits per heavy atom. The fraction of sp³-hybridized carbons (Fsp3) is 0.273. The highest BCUT2D eigenvalue weighted by atomic mass is 32.1. The molecule has 8 heteroatoms. The summed E-state index contributed by atoms with van der Waals surface area (Å²) >= 11 is 3.16. The summed E-state index contributed by atoms with van der Waals surface area (Å²) in [4.78, 5) is 24.8. The number of hydrogen-bond donors (Lipinski definition) is 0. The second kappa shape index (κ2) is 8.49. The van der Waals surface area contributed by atoms with Crippen LogP contribution < -0.4 is 4.90 Å². The van der Waals surface area contributed by atoms with Crippen molar-refractivity contribution >= 4 is 34.1 Å². The van der Waals surface area contributed by atoms with Gasteiger partial charge < -0.3 is 4.90 Å². The second-order valence-corrected chi connectivity index (χ2v) is 9.51. The summed E-state index contributed by atoms with van der Waals surface area (Å²) in [6, 6.07) is 8.26. The average molecular weight is 438 g/mol. The van der Waals surface area contributed by atoms with Crippen LogP contribution >= 0.6 is 22.7 Å². The highest BCUT2D eigenvalue weighted by Gasteiger charge is 2.14. The predicted molar refractivity (Wildman–Crippen MR) is 123 cm³/mol. The highest BCUT2D eigenvalue weighted by molar-refractivity contribution is 7.16. The lowest BCUT2D eigenvalue weighted by Gasteiger charge is -2.12. The maximum Gasteiger partial charge on any atom is 0.161 e. The van der Waals surface area contributed by atoms with Crippen molar-refractivity contribution in [2.45, 2.75) is 26.8 Å². The van der Waals surface area contributed by atoms with Crippen LogP contribution in [0.1, 0.15) is 15.7 Å². The second-order valence-electron chi connectivity index (χ2n) is 7.36. The van der Waals surface area contributed by atoms with E-state index >= 15 is 0 Å². The number of hydrogen-bond acceptors (Lipinski definition) is 7. The Hall–Kier alpha value is -2.84. The Kier molecular flexibility index (Phi) is 5.78. The molecule has 0 atom stereocenters. The van der Waals surface area contributed by atoms with E-state index in [1.807, 2.05) is 45.6 Å². The van der Waals surface area contributed by atoms with Gasteiger partial charge in [-0.1, -0.05) is 12.1 Å². The maximum atomic E-state index is 12.6. The molecular weight excluding hydrogens is 414 g/mol. The number of benzene rings is 1. The van der Waals surface area contributed by atoms with Crippen LogP contribution in [0.5, 0.6) is 0 Å². The summed E-state index contributed by atoms with van der Waals surface area (Å²) in [5.74, 6) is 0.0878. The van der Waals surface area contributed by atoms with E-state index in [1.165, 1.54) is 11.3 Å². The molecule has 0 radical (unpaired) electrons. The molecule has 0 aliphatic rings. The smallest absolute Gasteiger partial charge is 0.161 e. The molecule has 30 heavy (non-hydrogen) atoms. The Bertz CT molecular complexity index is 1190. The van der Waals surface area contributed by atoms with Gasteiger partial charge in [0, 0.05) is 36.9 Å². The fourth-order valence-electron chi connectivity index (χ4n) is 3.23. The molecule has 0 amide bonds. The number of aryl methyl sites for hydroxylation is 2. The topological polar surface area (TPSA) is 63.9 Å². The Labute approximate surface area is 183 Å². The van der Waals surface area contributed by atoms with Crippen LogP contribution in [-0.4, -0.2) is 39.6 Å². The number of thiazole rings is 2. The molecule has 154 valence electrons. The first kappa shape index (κ1) is 20.4. The van der Waals surface area contributed by atoms with Crippen LogP contribution in [0.25, 0.3) is 21.7 Å². The van der Waals surface area contributed by atoms with Gasteiger partial charge in [0.2, 0.25) is 0 Å². The third-order valence-electron chi connectivity index (χ3n) is 4.70. The standard InChI is InChI=1S/C22H23N5OS2/c1-14-22(30-15(2)24-14)20-13-29-21(25-20)9-19(28)12-27-11-17(10-23-27)16-6-5-7-18(8-16)26(3)4/h5-8,10-11,13H,9,12H2,1-4H3. The normalized spacial score (nSPS) is 11.1. The van der Waals surface area contributed by atoms with E-state index in [0.717, 1.165) is 43.1 Å². The minimum absolute atomic E-state index is 0.0878. The van der Waals surface area contributed by atoms with E-state index in [4.69, 9.17) is 0 Å². The first-order chi connectivity index (χ1) is 14.4. The Balaban J connectivity index is 1.42. The fourth-order valence-corrected chi connectivity index (χ4v) is 5.00. The number of ketones is 1. The third-order valence-corrected chi connectivity index (χ3v) is 6.65. The molecule has 0 spiro atoms. The SMILES string of the molecule is Cc1nc(C)c(-c2csc(CC(=O)Cn3cc(-c4cccc(N(C)C)c4)cn3)n2)s1. The minimum atomic E-state index is 0.0878. The van der Waals surface area contributed by atoms with Gasteiger partial charge in [-0.25, -0.2) is 9.97 Å². The molecule has 6 nitrogen and oxygen atoms in total. The number of rotatable bonds is 7. The summed E-state index contributed by atoms with van der Waals surface area (Å²) in [7, 11) is 4.03. The average Bonchev–Trinajstić information content (AvgIpc) is 3.42. The molecule has 0 aliphatic carbocycles. The lowest BCUT2D eigenvalue weighted by molar-refractivity contribution is -0.119. The molecule has 0 saturated carbocycles. The van der Waals surface area contributed by atoms with E-state index in [-0.39, 0.29) is 12.3 Å². The molecule has 0 unspecified atom stereocenters. The zero-order valence-corrected chi connectivity index (χ0v) is 19.0. The lowest BCUT2D eigenvalue weighted by atomic mass is 10.1. The Morgan fingerprint density at radius 1 is 1.17 bits per heavy atom. The number of anilines is 1. The number of carbonyl (C=O) groups excluding carboxylic acids is 1. The molecule has 4 aromatic rings. The summed E-state index contributed by atoms with van der Waals surface area (Å²) in [6.07, 6.45) is 4.04. The van der Waals surface area contributed by atoms with Gasteiger partial charge in [-0.2, -0.15) is 5.10 Å². The number of Topliss-reactive ketones (excluding diaryl/α,β-unsaturated/α-hetero) is 1. The van der Waals surface area contributed by atoms with E-state index in [2.05, 4.69) is 38.2 Å². The number of aromatic nitrogens is 4. The maximum absolute atomic E-state index is 12.6. The van der Waals surface area contributed by atoms with Crippen LogP contribution in [0.4, 0.5) is 5.69 Å². The molecule has 4 rings (SSSR count). The Morgan fingerprint density at radius 2 is 2.00 bits per heavy atom. The van der Waals surface area contributed by atoms with Crippen molar-refractivity contribution in [2.24, 2.45) is 0 Å². The van der Waals surface area contributed by atoms with Crippen LogP contribution in [0.15, 0.2) is 42.0 Å². The summed E-state index contributed by atoms with van der Waals surface area (Å²) in [5.41, 5.74) is 5.11. The van der Waals surface area contributed by atoms with Gasteiger partial charge in [0.05, 0.1) is 40.4 Å². The molecule has 1 aromatic carbocycles. The van der Waals surface area contributed by atoms with E-state index in [0.29, 0.717) is 6.42 Å². The third kappa shape index (κ3) is 4.49. The van der Waals surface area contributed by atoms with Crippen LogP contribution in [0, 0.1) is 13.8 Å². The van der Waals surface area contributed by atoms with Gasteiger partial charge in [-0.05, 0) is 31.5 Å². The van der Waals surface area contributed by atoms with Crippen LogP contribution in [0.2, 0.25) is 0 Å². The van der Waals surface area contributed by atoms with Gasteiger partial charge in [-0.15, -0.1) is 22.7 Å². The van der Waals surface area contributed by atoms with Gasteiger partial charge in [-0.3, -0.25) is 9.48 Å². The monoisotopic (exact) mass is 437 g/mol. The molecule has 0 bridgehead atoms. The van der Waals surface area contributed by atoms with E-state index < -0.39 is 0 Å². The zero-order valence-electron chi connectivity index (χ0n) is 17.4. The van der Waals surface area contributed by atoms with E-state index in [1.54, 1.807) is 22.2 Å². The van der Waals surface area contributed by atoms with Crippen molar-refractivity contribution in [1.29, 1.82) is 0 Å². The van der Waals surface area contributed by atoms with Gasteiger partial charge in [0.25, 0.3) is 0 Å². The molecular formula is C22H23N5OS2. The first-order valence-electron chi connectivity index (χ1n) is 9.60. The van der Waals surface area contributed by atoms with Crippen molar-refractivity contribution in [3.63, 3.8) is 0 Å². The largest absolute Gasteiger partial charge is 0.378 e. The summed E-state index contributed by atoms with van der Waals surface area (Å²) < 4.78 is 1.70. The van der Waals surface area contributed by atoms with Crippen molar-refractivity contribution in [1.82, 2.24) is 19.7 Å². The van der Waals surface area contributed by atoms with Gasteiger partial charge >= 0.3 is 0 Å². The predicted octanol–water partition coefficient (Wildman–Crippen LogP) is 4.62. The van der Waals surface area contributed by atoms with E-state index in [9.17, 15) is 4.79 Å². The quantitative estimate of drug-likeness (QED) is 0.422. The molecule has 0 aliphatic heterocycles. The van der Waals surface area contributed by atoms with Crippen molar-refractivity contribution < 1.29 is 4.79 Å². The van der Waals surface area contributed by atoms with Crippen LogP contribution in [0.3, 0.4) is 0 Å². The first-order valence-corrected chi connectivity index (χ1v) is 11.3.